The van der Waals surface area contributed by atoms with Gasteiger partial charge in [0.05, 0.1) is 0 Å². The predicted molar refractivity (Wildman–Crippen MR) is 73.1 cm³/mol. The van der Waals surface area contributed by atoms with E-state index in [-0.39, 0.29) is 5.75 Å². The van der Waals surface area contributed by atoms with Crippen LogP contribution in [-0.4, -0.2) is 11.7 Å². The molecule has 1 aliphatic rings. The molecule has 0 unspecified atom stereocenters. The SMILES string of the molecule is C=CCOc1cc(O)cc2c1Cc1ccccc1O2. The fourth-order valence-corrected chi connectivity index (χ4v) is 2.21. The second-order valence-corrected chi connectivity index (χ2v) is 4.41. The summed E-state index contributed by atoms with van der Waals surface area (Å²) < 4.78 is 11.4. The molecule has 0 fully saturated rings. The zero-order valence-electron chi connectivity index (χ0n) is 10.4. The molecule has 0 amide bonds. The Morgan fingerprint density at radius 1 is 1.26 bits per heavy atom. The van der Waals surface area contributed by atoms with Crippen LogP contribution < -0.4 is 9.47 Å². The molecule has 1 N–H and O–H groups in total. The molecule has 96 valence electrons. The average molecular weight is 254 g/mol. The minimum absolute atomic E-state index is 0.136. The second-order valence-electron chi connectivity index (χ2n) is 4.41. The summed E-state index contributed by atoms with van der Waals surface area (Å²) >= 11 is 0. The van der Waals surface area contributed by atoms with Crippen LogP contribution in [0, 0.1) is 0 Å². The van der Waals surface area contributed by atoms with Crippen LogP contribution in [0.25, 0.3) is 0 Å². The van der Waals surface area contributed by atoms with Crippen molar-refractivity contribution in [2.24, 2.45) is 0 Å². The van der Waals surface area contributed by atoms with Gasteiger partial charge in [-0.3, -0.25) is 0 Å². The fraction of sp³-hybridized carbons (Fsp3) is 0.125. The zero-order valence-corrected chi connectivity index (χ0v) is 10.4. The summed E-state index contributed by atoms with van der Waals surface area (Å²) in [4.78, 5) is 0. The lowest BCUT2D eigenvalue weighted by Gasteiger charge is -2.22. The Labute approximate surface area is 111 Å². The number of hydrogen-bond acceptors (Lipinski definition) is 3. The first-order chi connectivity index (χ1) is 9.28. The van der Waals surface area contributed by atoms with E-state index in [1.54, 1.807) is 18.2 Å². The van der Waals surface area contributed by atoms with Crippen LogP contribution in [0.4, 0.5) is 0 Å². The first kappa shape index (κ1) is 11.7. The van der Waals surface area contributed by atoms with Gasteiger partial charge in [-0.1, -0.05) is 30.9 Å². The van der Waals surface area contributed by atoms with Crippen molar-refractivity contribution in [2.45, 2.75) is 6.42 Å². The summed E-state index contributed by atoms with van der Waals surface area (Å²) in [5.41, 5.74) is 2.07. The van der Waals surface area contributed by atoms with Crippen molar-refractivity contribution in [1.29, 1.82) is 0 Å². The Bertz CT molecular complexity index is 632. The standard InChI is InChI=1S/C16H14O3/c1-2-7-18-15-9-12(17)10-16-13(15)8-11-5-3-4-6-14(11)19-16/h2-6,9-10,17H,1,7-8H2. The second kappa shape index (κ2) is 4.69. The summed E-state index contributed by atoms with van der Waals surface area (Å²) in [6.07, 6.45) is 2.41. The van der Waals surface area contributed by atoms with E-state index < -0.39 is 0 Å². The molecule has 0 aromatic heterocycles. The summed E-state index contributed by atoms with van der Waals surface area (Å²) in [6, 6.07) is 11.1. The molecule has 0 radical (unpaired) electrons. The van der Waals surface area contributed by atoms with Gasteiger partial charge in [0.15, 0.2) is 0 Å². The van der Waals surface area contributed by atoms with Gasteiger partial charge in [-0.05, 0) is 11.6 Å². The third-order valence-corrected chi connectivity index (χ3v) is 3.07. The molecule has 3 nitrogen and oxygen atoms in total. The number of phenolic OH excluding ortho intramolecular Hbond substituents is 1. The van der Waals surface area contributed by atoms with Crippen molar-refractivity contribution >= 4 is 0 Å². The van der Waals surface area contributed by atoms with E-state index in [0.29, 0.717) is 18.1 Å². The number of rotatable bonds is 3. The van der Waals surface area contributed by atoms with Gasteiger partial charge in [-0.15, -0.1) is 0 Å². The molecule has 1 aliphatic heterocycles. The number of hydrogen-bond donors (Lipinski definition) is 1. The first-order valence-corrected chi connectivity index (χ1v) is 6.13. The zero-order chi connectivity index (χ0) is 13.2. The van der Waals surface area contributed by atoms with Crippen molar-refractivity contribution < 1.29 is 14.6 Å². The topological polar surface area (TPSA) is 38.7 Å². The van der Waals surface area contributed by atoms with E-state index in [2.05, 4.69) is 6.58 Å². The van der Waals surface area contributed by atoms with Crippen molar-refractivity contribution in [2.75, 3.05) is 6.61 Å². The van der Waals surface area contributed by atoms with Gasteiger partial charge in [-0.2, -0.15) is 0 Å². The van der Waals surface area contributed by atoms with E-state index >= 15 is 0 Å². The molecule has 0 atom stereocenters. The summed E-state index contributed by atoms with van der Waals surface area (Å²) in [5, 5.41) is 9.73. The van der Waals surface area contributed by atoms with Gasteiger partial charge >= 0.3 is 0 Å². The van der Waals surface area contributed by atoms with Crippen LogP contribution >= 0.6 is 0 Å². The molecule has 2 aromatic rings. The summed E-state index contributed by atoms with van der Waals surface area (Å²) in [5.74, 6) is 2.26. The Morgan fingerprint density at radius 3 is 2.95 bits per heavy atom. The molecule has 3 heteroatoms. The molecular weight excluding hydrogens is 240 g/mol. The Hall–Kier alpha value is -2.42. The van der Waals surface area contributed by atoms with E-state index in [0.717, 1.165) is 23.3 Å². The van der Waals surface area contributed by atoms with Crippen molar-refractivity contribution in [3.63, 3.8) is 0 Å². The highest BCUT2D eigenvalue weighted by atomic mass is 16.5. The maximum atomic E-state index is 9.73. The third-order valence-electron chi connectivity index (χ3n) is 3.07. The minimum Gasteiger partial charge on any atom is -0.508 e. The average Bonchev–Trinajstić information content (AvgIpc) is 2.42. The van der Waals surface area contributed by atoms with E-state index in [4.69, 9.17) is 9.47 Å². The van der Waals surface area contributed by atoms with Crippen molar-refractivity contribution in [3.05, 3.63) is 60.2 Å². The Kier molecular flexibility index (Phi) is 2.88. The van der Waals surface area contributed by atoms with Crippen LogP contribution in [0.3, 0.4) is 0 Å². The number of phenols is 1. The fourth-order valence-electron chi connectivity index (χ4n) is 2.21. The quantitative estimate of drug-likeness (QED) is 0.725. The molecule has 3 rings (SSSR count). The molecular formula is C16H14O3. The van der Waals surface area contributed by atoms with E-state index in [1.807, 2.05) is 24.3 Å². The Morgan fingerprint density at radius 2 is 2.11 bits per heavy atom. The third kappa shape index (κ3) is 2.15. The number of benzene rings is 2. The molecule has 0 saturated carbocycles. The van der Waals surface area contributed by atoms with Crippen molar-refractivity contribution in [1.82, 2.24) is 0 Å². The number of fused-ring (bicyclic) bond motifs is 2. The van der Waals surface area contributed by atoms with Gasteiger partial charge in [0.25, 0.3) is 0 Å². The first-order valence-electron chi connectivity index (χ1n) is 6.13. The molecule has 0 bridgehead atoms. The molecule has 19 heavy (non-hydrogen) atoms. The predicted octanol–water partition coefficient (Wildman–Crippen LogP) is 3.65. The highest BCUT2D eigenvalue weighted by Crippen LogP contribution is 2.43. The number of para-hydroxylation sites is 1. The minimum atomic E-state index is 0.136. The van der Waals surface area contributed by atoms with Crippen LogP contribution in [0.1, 0.15) is 11.1 Å². The van der Waals surface area contributed by atoms with Crippen LogP contribution in [0.5, 0.6) is 23.0 Å². The summed E-state index contributed by atoms with van der Waals surface area (Å²) in [7, 11) is 0. The number of aromatic hydroxyl groups is 1. The van der Waals surface area contributed by atoms with Crippen molar-refractivity contribution in [3.8, 4) is 23.0 Å². The smallest absolute Gasteiger partial charge is 0.138 e. The summed E-state index contributed by atoms with van der Waals surface area (Å²) in [6.45, 7) is 4.03. The molecule has 1 heterocycles. The van der Waals surface area contributed by atoms with Crippen LogP contribution in [0.15, 0.2) is 49.1 Å². The number of ether oxygens (including phenoxy) is 2. The van der Waals surface area contributed by atoms with Gasteiger partial charge in [0.2, 0.25) is 0 Å². The maximum absolute atomic E-state index is 9.73. The normalized spacial score (nSPS) is 12.0. The molecule has 0 saturated heterocycles. The maximum Gasteiger partial charge on any atom is 0.138 e. The molecule has 0 aliphatic carbocycles. The van der Waals surface area contributed by atoms with Gasteiger partial charge < -0.3 is 14.6 Å². The molecule has 2 aromatic carbocycles. The van der Waals surface area contributed by atoms with Crippen LogP contribution in [-0.2, 0) is 6.42 Å². The van der Waals surface area contributed by atoms with E-state index in [9.17, 15) is 5.11 Å². The lowest BCUT2D eigenvalue weighted by molar-refractivity contribution is 0.349. The molecule has 0 spiro atoms. The lowest BCUT2D eigenvalue weighted by Crippen LogP contribution is -2.06. The lowest BCUT2D eigenvalue weighted by atomic mass is 9.99. The van der Waals surface area contributed by atoms with Gasteiger partial charge in [-0.25, -0.2) is 0 Å². The van der Waals surface area contributed by atoms with E-state index in [1.165, 1.54) is 0 Å². The Balaban J connectivity index is 2.04. The largest absolute Gasteiger partial charge is 0.508 e. The van der Waals surface area contributed by atoms with Gasteiger partial charge in [0, 0.05) is 24.1 Å². The highest BCUT2D eigenvalue weighted by molar-refractivity contribution is 5.57. The van der Waals surface area contributed by atoms with Gasteiger partial charge in [0.1, 0.15) is 29.6 Å². The highest BCUT2D eigenvalue weighted by Gasteiger charge is 2.21. The van der Waals surface area contributed by atoms with Crippen LogP contribution in [0.2, 0.25) is 0 Å². The monoisotopic (exact) mass is 254 g/mol.